The number of aryl methyl sites for hydroxylation is 1. The van der Waals surface area contributed by atoms with Gasteiger partial charge in [-0.25, -0.2) is 0 Å². The molecule has 0 aliphatic heterocycles. The normalized spacial score (nSPS) is 12.3. The molecule has 1 atom stereocenters. The quantitative estimate of drug-likeness (QED) is 0.679. The van der Waals surface area contributed by atoms with Crippen molar-refractivity contribution in [1.82, 2.24) is 4.98 Å². The van der Waals surface area contributed by atoms with Crippen molar-refractivity contribution in [1.29, 1.82) is 5.26 Å². The number of hydrogen-bond acceptors (Lipinski definition) is 3. The summed E-state index contributed by atoms with van der Waals surface area (Å²) in [5.41, 5.74) is 3.98. The van der Waals surface area contributed by atoms with Crippen LogP contribution in [0.5, 0.6) is 0 Å². The molecule has 5 heteroatoms. The molecule has 2 aromatic carbocycles. The van der Waals surface area contributed by atoms with E-state index in [1.165, 1.54) is 0 Å². The molecule has 1 unspecified atom stereocenters. The van der Waals surface area contributed by atoms with Crippen LogP contribution in [-0.4, -0.2) is 30.6 Å². The predicted octanol–water partition coefficient (Wildman–Crippen LogP) is 3.91. The van der Waals surface area contributed by atoms with Crippen LogP contribution in [0.1, 0.15) is 34.3 Å². The van der Waals surface area contributed by atoms with Gasteiger partial charge in [-0.2, -0.15) is 0 Å². The molecule has 0 aliphatic rings. The van der Waals surface area contributed by atoms with Crippen molar-refractivity contribution in [3.05, 3.63) is 63.7 Å². The molecular formula is C20H16N2O2Se. The average molecular weight is 396 g/mol. The van der Waals surface area contributed by atoms with Crippen LogP contribution < -0.4 is 0 Å². The molecule has 0 radical (unpaired) electrons. The van der Waals surface area contributed by atoms with Crippen molar-refractivity contribution < 1.29 is 11.3 Å². The first-order valence-electron chi connectivity index (χ1n) is 8.27. The topological polar surface area (TPSA) is 74.0 Å². The van der Waals surface area contributed by atoms with Gasteiger partial charge in [0.25, 0.3) is 0 Å². The van der Waals surface area contributed by atoms with Crippen LogP contribution in [0, 0.1) is 18.3 Å². The van der Waals surface area contributed by atoms with E-state index in [1.807, 2.05) is 42.5 Å². The van der Waals surface area contributed by atoms with Gasteiger partial charge in [0.05, 0.1) is 0 Å². The molecule has 0 bridgehead atoms. The van der Waals surface area contributed by atoms with Crippen LogP contribution >= 0.6 is 0 Å². The fraction of sp³-hybridized carbons (Fsp3) is 0.150. The van der Waals surface area contributed by atoms with Gasteiger partial charge in [-0.15, -0.1) is 0 Å². The van der Waals surface area contributed by atoms with Crippen LogP contribution in [0.15, 0.2) is 42.5 Å². The molecule has 0 amide bonds. The molecule has 25 heavy (non-hydrogen) atoms. The molecule has 0 spiro atoms. The van der Waals surface area contributed by atoms with E-state index in [4.69, 9.17) is 1.37 Å². The Morgan fingerprint density at radius 1 is 1.28 bits per heavy atom. The molecule has 1 aromatic heterocycles. The van der Waals surface area contributed by atoms with Crippen molar-refractivity contribution in [2.75, 3.05) is 0 Å². The van der Waals surface area contributed by atoms with Gasteiger partial charge in [0.15, 0.2) is 0 Å². The molecular weight excluding hydrogens is 379 g/mol. The monoisotopic (exact) mass is 397 g/mol. The summed E-state index contributed by atoms with van der Waals surface area (Å²) in [6.45, 7) is 3.41. The first kappa shape index (κ1) is 15.8. The Kier molecular flexibility index (Phi) is 4.47. The summed E-state index contributed by atoms with van der Waals surface area (Å²) < 4.78 is 9.22. The number of carbonyl (C=O) groups is 1. The van der Waals surface area contributed by atoms with E-state index in [9.17, 15) is 15.2 Å². The van der Waals surface area contributed by atoms with E-state index in [0.29, 0.717) is 31.4 Å². The average Bonchev–Trinajstić information content (AvgIpc) is 3.02. The van der Waals surface area contributed by atoms with E-state index >= 15 is 0 Å². The summed E-state index contributed by atoms with van der Waals surface area (Å²) >= 11 is -0.460. The van der Waals surface area contributed by atoms with Crippen LogP contribution in [0.3, 0.4) is 0 Å². The zero-order valence-electron chi connectivity index (χ0n) is 14.8. The molecule has 0 aliphatic carbocycles. The van der Waals surface area contributed by atoms with Gasteiger partial charge in [0.2, 0.25) is 0 Å². The first-order chi connectivity index (χ1) is 12.4. The van der Waals surface area contributed by atoms with Gasteiger partial charge in [0.1, 0.15) is 0 Å². The molecule has 4 nitrogen and oxygen atoms in total. The summed E-state index contributed by atoms with van der Waals surface area (Å²) in [4.78, 5) is 15.8. The number of aromatic nitrogens is 1. The molecule has 3 aromatic rings. The van der Waals surface area contributed by atoms with Gasteiger partial charge in [0, 0.05) is 0 Å². The minimum atomic E-state index is -0.963. The van der Waals surface area contributed by atoms with Gasteiger partial charge in [-0.1, -0.05) is 0 Å². The number of carboxylic acids is 1. The maximum atomic E-state index is 11.3. The van der Waals surface area contributed by atoms with Crippen LogP contribution in [0.25, 0.3) is 21.3 Å². The van der Waals surface area contributed by atoms with Gasteiger partial charge in [-0.05, 0) is 0 Å². The van der Waals surface area contributed by atoms with E-state index in [1.54, 1.807) is 13.8 Å². The zero-order valence-corrected chi connectivity index (χ0v) is 15.5. The summed E-state index contributed by atoms with van der Waals surface area (Å²) in [5, 5.41) is 19.1. The summed E-state index contributed by atoms with van der Waals surface area (Å²) in [6.07, 6.45) is -0.595. The Labute approximate surface area is 153 Å². The van der Waals surface area contributed by atoms with Crippen molar-refractivity contribution in [3.8, 4) is 27.3 Å². The maximum absolute atomic E-state index is 11.3. The van der Waals surface area contributed by atoms with Gasteiger partial charge < -0.3 is 0 Å². The molecule has 3 rings (SSSR count). The summed E-state index contributed by atoms with van der Waals surface area (Å²) in [5.74, 6) is -0.963. The van der Waals surface area contributed by atoms with Gasteiger partial charge in [-0.3, -0.25) is 0 Å². The molecule has 0 saturated carbocycles. The molecule has 124 valence electrons. The van der Waals surface area contributed by atoms with E-state index in [0.717, 1.165) is 11.1 Å². The van der Waals surface area contributed by atoms with E-state index in [-0.39, 0.29) is 0 Å². The van der Waals surface area contributed by atoms with Crippen LogP contribution in [0.4, 0.5) is 0 Å². The van der Waals surface area contributed by atoms with Crippen LogP contribution in [-0.2, 0) is 6.40 Å². The Balaban J connectivity index is 2.26. The van der Waals surface area contributed by atoms with Crippen LogP contribution in [0.2, 0.25) is 0 Å². The van der Waals surface area contributed by atoms with E-state index in [2.05, 4.69) is 11.1 Å². The van der Waals surface area contributed by atoms with Crippen molar-refractivity contribution in [3.63, 3.8) is 0 Å². The third-order valence-corrected chi connectivity index (χ3v) is 6.43. The Hall–Kier alpha value is -2.67. The molecule has 0 fully saturated rings. The van der Waals surface area contributed by atoms with Crippen molar-refractivity contribution in [2.45, 2.75) is 20.2 Å². The van der Waals surface area contributed by atoms with Crippen molar-refractivity contribution in [2.24, 2.45) is 0 Å². The third kappa shape index (κ3) is 3.15. The molecule has 0 saturated heterocycles. The first-order valence-corrected chi connectivity index (χ1v) is 9.41. The Morgan fingerprint density at radius 3 is 2.52 bits per heavy atom. The van der Waals surface area contributed by atoms with Gasteiger partial charge >= 0.3 is 153 Å². The second kappa shape index (κ2) is 7.06. The number of benzene rings is 2. The Morgan fingerprint density at radius 2 is 1.96 bits per heavy atom. The fourth-order valence-corrected chi connectivity index (χ4v) is 4.76. The fourth-order valence-electron chi connectivity index (χ4n) is 2.80. The van der Waals surface area contributed by atoms with E-state index < -0.39 is 26.9 Å². The Bertz CT molecular complexity index is 1020. The third-order valence-electron chi connectivity index (χ3n) is 3.95. The second-order valence-electron chi connectivity index (χ2n) is 5.45. The minimum absolute atomic E-state index is 0.309. The SMILES string of the molecule is [2H]C(C)c1c(-c2ccccc2)ccc(-c2nc(C)c(C(=O)O)[se]2)c1C#N. The molecule has 1 N–H and O–H groups in total. The number of aromatic carboxylic acids is 1. The number of hydrogen-bond donors (Lipinski definition) is 1. The number of nitriles is 1. The van der Waals surface area contributed by atoms with Crippen molar-refractivity contribution >= 4 is 20.5 Å². The number of rotatable bonds is 4. The second-order valence-corrected chi connectivity index (χ2v) is 7.55. The predicted molar refractivity (Wildman–Crippen MR) is 97.8 cm³/mol. The number of nitrogens with zero attached hydrogens (tertiary/aromatic N) is 2. The summed E-state index contributed by atoms with van der Waals surface area (Å²) in [7, 11) is 0. The zero-order chi connectivity index (χ0) is 18.8. The number of carboxylic acid groups (broad SMARTS) is 1. The standard InChI is InChI=1S/C20H16N2O2Se/c1-3-14-15(13-7-5-4-6-8-13)9-10-16(17(14)11-21)19-22-12(2)18(25-19)20(23)24/h4-10H,3H2,1-2H3,(H,23,24)/i3D. The summed E-state index contributed by atoms with van der Waals surface area (Å²) in [6, 6.07) is 15.6. The molecule has 1 heterocycles.